The number of hydrogen-bond donors (Lipinski definition) is 1. The standard InChI is InChI=1S/C15H23NO3/c1-3-4-10-18-11-15(17)12-19-16-13(2)14-8-6-5-7-9-14/h5-9,15,17H,3-4,10-12H2,1-2H3/b16-13+. The van der Waals surface area contributed by atoms with Crippen LogP contribution in [0.3, 0.4) is 0 Å². The molecule has 0 saturated carbocycles. The molecule has 0 spiro atoms. The first-order chi connectivity index (χ1) is 9.24. The number of oxime groups is 1. The van der Waals surface area contributed by atoms with E-state index in [2.05, 4.69) is 12.1 Å². The quantitative estimate of drug-likeness (QED) is 0.424. The van der Waals surface area contributed by atoms with E-state index in [4.69, 9.17) is 9.57 Å². The zero-order valence-corrected chi connectivity index (χ0v) is 11.7. The molecular formula is C15H23NO3. The molecule has 0 amide bonds. The van der Waals surface area contributed by atoms with E-state index in [1.54, 1.807) is 0 Å². The minimum absolute atomic E-state index is 0.149. The maximum Gasteiger partial charge on any atom is 0.145 e. The summed E-state index contributed by atoms with van der Waals surface area (Å²) in [4.78, 5) is 5.13. The number of unbranched alkanes of at least 4 members (excludes halogenated alkanes) is 1. The van der Waals surface area contributed by atoms with E-state index >= 15 is 0 Å². The fourth-order valence-corrected chi connectivity index (χ4v) is 1.47. The topological polar surface area (TPSA) is 51.0 Å². The van der Waals surface area contributed by atoms with E-state index in [-0.39, 0.29) is 6.61 Å². The van der Waals surface area contributed by atoms with E-state index in [0.717, 1.165) is 24.1 Å². The molecule has 1 rings (SSSR count). The summed E-state index contributed by atoms with van der Waals surface area (Å²) < 4.78 is 5.30. The Kier molecular flexibility index (Phi) is 7.86. The smallest absolute Gasteiger partial charge is 0.145 e. The van der Waals surface area contributed by atoms with Crippen molar-refractivity contribution in [1.29, 1.82) is 0 Å². The Morgan fingerprint density at radius 1 is 1.26 bits per heavy atom. The van der Waals surface area contributed by atoms with Crippen molar-refractivity contribution in [2.75, 3.05) is 19.8 Å². The minimum atomic E-state index is -0.635. The molecule has 0 aliphatic carbocycles. The molecule has 4 heteroatoms. The molecule has 0 heterocycles. The second kappa shape index (κ2) is 9.53. The van der Waals surface area contributed by atoms with Crippen LogP contribution in [-0.4, -0.2) is 36.7 Å². The lowest BCUT2D eigenvalue weighted by Crippen LogP contribution is -2.21. The molecule has 1 atom stereocenters. The van der Waals surface area contributed by atoms with Crippen molar-refractivity contribution in [2.24, 2.45) is 5.16 Å². The number of ether oxygens (including phenoxy) is 1. The number of hydrogen-bond acceptors (Lipinski definition) is 4. The highest BCUT2D eigenvalue weighted by Gasteiger charge is 2.05. The van der Waals surface area contributed by atoms with Crippen LogP contribution in [-0.2, 0) is 9.57 Å². The van der Waals surface area contributed by atoms with Crippen LogP contribution >= 0.6 is 0 Å². The first-order valence-corrected chi connectivity index (χ1v) is 6.71. The van der Waals surface area contributed by atoms with Gasteiger partial charge in [-0.1, -0.05) is 48.8 Å². The summed E-state index contributed by atoms with van der Waals surface area (Å²) in [5, 5.41) is 13.6. The molecule has 0 aliphatic rings. The fourth-order valence-electron chi connectivity index (χ4n) is 1.47. The summed E-state index contributed by atoms with van der Waals surface area (Å²) in [6, 6.07) is 9.78. The molecule has 1 aromatic carbocycles. The molecule has 106 valence electrons. The monoisotopic (exact) mass is 265 g/mol. The average Bonchev–Trinajstić information content (AvgIpc) is 2.44. The van der Waals surface area contributed by atoms with Gasteiger partial charge in [-0.2, -0.15) is 0 Å². The van der Waals surface area contributed by atoms with Gasteiger partial charge in [-0.15, -0.1) is 0 Å². The molecule has 0 aromatic heterocycles. The molecule has 0 aliphatic heterocycles. The van der Waals surface area contributed by atoms with E-state index in [1.165, 1.54) is 0 Å². The second-order valence-electron chi connectivity index (χ2n) is 4.42. The third-order valence-corrected chi connectivity index (χ3v) is 2.61. The first-order valence-electron chi connectivity index (χ1n) is 6.71. The summed E-state index contributed by atoms with van der Waals surface area (Å²) >= 11 is 0. The average molecular weight is 265 g/mol. The van der Waals surface area contributed by atoms with Crippen LogP contribution in [0.2, 0.25) is 0 Å². The number of rotatable bonds is 9. The van der Waals surface area contributed by atoms with Crippen molar-refractivity contribution in [1.82, 2.24) is 0 Å². The molecule has 19 heavy (non-hydrogen) atoms. The number of benzene rings is 1. The summed E-state index contributed by atoms with van der Waals surface area (Å²) in [6.07, 6.45) is 1.47. The minimum Gasteiger partial charge on any atom is -0.393 e. The van der Waals surface area contributed by atoms with Crippen LogP contribution < -0.4 is 0 Å². The molecule has 0 saturated heterocycles. The highest BCUT2D eigenvalue weighted by molar-refractivity contribution is 5.98. The zero-order valence-electron chi connectivity index (χ0n) is 11.7. The Bertz CT molecular complexity index is 365. The SMILES string of the molecule is CCCCOCC(O)CO/N=C(\C)c1ccccc1. The van der Waals surface area contributed by atoms with Crippen molar-refractivity contribution in [3.05, 3.63) is 35.9 Å². The van der Waals surface area contributed by atoms with Gasteiger partial charge in [0.05, 0.1) is 12.3 Å². The maximum atomic E-state index is 9.61. The molecule has 0 bridgehead atoms. The highest BCUT2D eigenvalue weighted by atomic mass is 16.6. The number of aliphatic hydroxyl groups excluding tert-OH is 1. The van der Waals surface area contributed by atoms with Gasteiger partial charge in [0.15, 0.2) is 0 Å². The Hall–Kier alpha value is -1.39. The van der Waals surface area contributed by atoms with Gasteiger partial charge < -0.3 is 14.7 Å². The second-order valence-corrected chi connectivity index (χ2v) is 4.42. The van der Waals surface area contributed by atoms with Gasteiger partial charge in [-0.25, -0.2) is 0 Å². The van der Waals surface area contributed by atoms with Gasteiger partial charge in [0.2, 0.25) is 0 Å². The lowest BCUT2D eigenvalue weighted by Gasteiger charge is -2.10. The van der Waals surface area contributed by atoms with Crippen molar-refractivity contribution < 1.29 is 14.7 Å². The lowest BCUT2D eigenvalue weighted by molar-refractivity contribution is -0.0180. The molecule has 4 nitrogen and oxygen atoms in total. The molecule has 1 aromatic rings. The van der Waals surface area contributed by atoms with Crippen LogP contribution in [0.4, 0.5) is 0 Å². The zero-order chi connectivity index (χ0) is 13.9. The van der Waals surface area contributed by atoms with Crippen molar-refractivity contribution in [2.45, 2.75) is 32.8 Å². The van der Waals surface area contributed by atoms with Crippen molar-refractivity contribution >= 4 is 5.71 Å². The van der Waals surface area contributed by atoms with Gasteiger partial charge in [0.25, 0.3) is 0 Å². The van der Waals surface area contributed by atoms with E-state index in [9.17, 15) is 5.11 Å². The van der Waals surface area contributed by atoms with Gasteiger partial charge >= 0.3 is 0 Å². The normalized spacial score (nSPS) is 13.3. The highest BCUT2D eigenvalue weighted by Crippen LogP contribution is 2.01. The van der Waals surface area contributed by atoms with Crippen molar-refractivity contribution in [3.63, 3.8) is 0 Å². The summed E-state index contributed by atoms with van der Waals surface area (Å²) in [5.41, 5.74) is 1.80. The summed E-state index contributed by atoms with van der Waals surface area (Å²) in [5.74, 6) is 0. The summed E-state index contributed by atoms with van der Waals surface area (Å²) in [7, 11) is 0. The van der Waals surface area contributed by atoms with Crippen LogP contribution in [0.15, 0.2) is 35.5 Å². The molecule has 1 unspecified atom stereocenters. The van der Waals surface area contributed by atoms with E-state index < -0.39 is 6.10 Å². The fraction of sp³-hybridized carbons (Fsp3) is 0.533. The Labute approximate surface area is 115 Å². The van der Waals surface area contributed by atoms with Gasteiger partial charge in [0, 0.05) is 6.61 Å². The van der Waals surface area contributed by atoms with Crippen LogP contribution in [0, 0.1) is 0 Å². The van der Waals surface area contributed by atoms with E-state index in [1.807, 2.05) is 37.3 Å². The molecule has 1 N–H and O–H groups in total. The summed E-state index contributed by atoms with van der Waals surface area (Å²) in [6.45, 7) is 5.10. The predicted octanol–water partition coefficient (Wildman–Crippen LogP) is 2.60. The van der Waals surface area contributed by atoms with Crippen LogP contribution in [0.1, 0.15) is 32.3 Å². The lowest BCUT2D eigenvalue weighted by atomic mass is 10.1. The van der Waals surface area contributed by atoms with Gasteiger partial charge in [0.1, 0.15) is 12.7 Å². The van der Waals surface area contributed by atoms with Gasteiger partial charge in [-0.3, -0.25) is 0 Å². The Morgan fingerprint density at radius 2 is 2.00 bits per heavy atom. The third-order valence-electron chi connectivity index (χ3n) is 2.61. The first kappa shape index (κ1) is 15.7. The number of aliphatic hydroxyl groups is 1. The maximum absolute atomic E-state index is 9.61. The number of nitrogens with zero attached hydrogens (tertiary/aromatic N) is 1. The Morgan fingerprint density at radius 3 is 2.68 bits per heavy atom. The molecular weight excluding hydrogens is 242 g/mol. The van der Waals surface area contributed by atoms with Crippen LogP contribution in [0.5, 0.6) is 0 Å². The predicted molar refractivity (Wildman–Crippen MR) is 76.3 cm³/mol. The Balaban J connectivity index is 2.21. The molecule has 0 fully saturated rings. The van der Waals surface area contributed by atoms with E-state index in [0.29, 0.717) is 13.2 Å². The largest absolute Gasteiger partial charge is 0.393 e. The van der Waals surface area contributed by atoms with Crippen molar-refractivity contribution in [3.8, 4) is 0 Å². The molecule has 0 radical (unpaired) electrons. The van der Waals surface area contributed by atoms with Crippen LogP contribution in [0.25, 0.3) is 0 Å². The third kappa shape index (κ3) is 6.94. The van der Waals surface area contributed by atoms with Gasteiger partial charge in [-0.05, 0) is 18.9 Å².